The summed E-state index contributed by atoms with van der Waals surface area (Å²) in [6.07, 6.45) is 4.97. The number of rotatable bonds is 5. The van der Waals surface area contributed by atoms with Crippen LogP contribution in [0, 0.1) is 0 Å². The molecule has 1 aliphatic rings. The van der Waals surface area contributed by atoms with Gasteiger partial charge < -0.3 is 15.0 Å². The van der Waals surface area contributed by atoms with E-state index >= 15 is 0 Å². The summed E-state index contributed by atoms with van der Waals surface area (Å²) in [5.41, 5.74) is 0.223. The van der Waals surface area contributed by atoms with E-state index in [9.17, 15) is 13.9 Å². The number of imidazole rings is 1. The Balaban J connectivity index is 1.74. The number of halogens is 2. The molecule has 0 amide bonds. The lowest BCUT2D eigenvalue weighted by Crippen LogP contribution is -2.34. The summed E-state index contributed by atoms with van der Waals surface area (Å²) in [5, 5.41) is 13.2. The molecule has 3 aromatic rings. The lowest BCUT2D eigenvalue weighted by molar-refractivity contribution is 0.0994. The fourth-order valence-corrected chi connectivity index (χ4v) is 4.05. The van der Waals surface area contributed by atoms with Crippen molar-refractivity contribution in [2.45, 2.75) is 50.0 Å². The second kappa shape index (κ2) is 7.00. The van der Waals surface area contributed by atoms with Crippen LogP contribution in [-0.2, 0) is 0 Å². The highest BCUT2D eigenvalue weighted by Gasteiger charge is 2.32. The SMILES string of the molecule is C[C@@H](O)c1nc2cnc3cccnc3c2n1[C@H]1CC[C@@H](NCC(F)(F)P)C1. The van der Waals surface area contributed by atoms with Gasteiger partial charge in [0.25, 0.3) is 5.66 Å². The van der Waals surface area contributed by atoms with E-state index in [2.05, 4.69) is 20.3 Å². The smallest absolute Gasteiger partial charge is 0.271 e. The van der Waals surface area contributed by atoms with Crippen LogP contribution in [0.1, 0.15) is 44.2 Å². The molecule has 4 atom stereocenters. The Kier molecular flexibility index (Phi) is 4.82. The van der Waals surface area contributed by atoms with E-state index in [4.69, 9.17) is 0 Å². The van der Waals surface area contributed by atoms with E-state index in [1.165, 1.54) is 0 Å². The number of nitrogens with one attached hydrogen (secondary N) is 1. The number of alkyl halides is 2. The van der Waals surface area contributed by atoms with Crippen molar-refractivity contribution in [3.63, 3.8) is 0 Å². The number of nitrogens with zero attached hydrogens (tertiary/aromatic N) is 4. The van der Waals surface area contributed by atoms with Crippen molar-refractivity contribution in [3.05, 3.63) is 30.4 Å². The van der Waals surface area contributed by atoms with Gasteiger partial charge in [0.15, 0.2) is 0 Å². The molecule has 3 aromatic heterocycles. The van der Waals surface area contributed by atoms with Crippen LogP contribution < -0.4 is 5.32 Å². The Morgan fingerprint density at radius 2 is 2.19 bits per heavy atom. The van der Waals surface area contributed by atoms with E-state index in [-0.39, 0.29) is 18.6 Å². The Morgan fingerprint density at radius 1 is 1.37 bits per heavy atom. The predicted octanol–water partition coefficient (Wildman–Crippen LogP) is 3.18. The summed E-state index contributed by atoms with van der Waals surface area (Å²) in [6.45, 7) is 1.32. The summed E-state index contributed by atoms with van der Waals surface area (Å²) >= 11 is 0. The van der Waals surface area contributed by atoms with Crippen LogP contribution in [0.2, 0.25) is 0 Å². The second-order valence-electron chi connectivity index (χ2n) is 7.18. The normalized spacial score (nSPS) is 22.0. The number of aromatic nitrogens is 4. The minimum Gasteiger partial charge on any atom is -0.385 e. The number of aliphatic hydroxyl groups is 1. The molecule has 1 aliphatic carbocycles. The van der Waals surface area contributed by atoms with Gasteiger partial charge in [-0.05, 0) is 38.3 Å². The Morgan fingerprint density at radius 3 is 2.93 bits per heavy atom. The molecule has 2 N–H and O–H groups in total. The molecule has 144 valence electrons. The van der Waals surface area contributed by atoms with Crippen molar-refractivity contribution in [2.24, 2.45) is 0 Å². The molecule has 9 heteroatoms. The lowest BCUT2D eigenvalue weighted by Gasteiger charge is -2.20. The summed E-state index contributed by atoms with van der Waals surface area (Å²) < 4.78 is 28.3. The van der Waals surface area contributed by atoms with Gasteiger partial charge in [0.2, 0.25) is 0 Å². The quantitative estimate of drug-likeness (QED) is 0.651. The molecule has 0 aliphatic heterocycles. The van der Waals surface area contributed by atoms with Crippen molar-refractivity contribution in [1.82, 2.24) is 24.8 Å². The Bertz CT molecular complexity index is 971. The zero-order valence-corrected chi connectivity index (χ0v) is 16.1. The number of fused-ring (bicyclic) bond motifs is 3. The van der Waals surface area contributed by atoms with Crippen LogP contribution in [0.25, 0.3) is 22.1 Å². The van der Waals surface area contributed by atoms with Crippen molar-refractivity contribution in [2.75, 3.05) is 6.54 Å². The van der Waals surface area contributed by atoms with Crippen LogP contribution in [0.3, 0.4) is 0 Å². The van der Waals surface area contributed by atoms with Gasteiger partial charge in [-0.25, -0.2) is 13.8 Å². The number of hydrogen-bond acceptors (Lipinski definition) is 5. The maximum Gasteiger partial charge on any atom is 0.271 e. The molecular formula is C18H22F2N5OP. The molecular weight excluding hydrogens is 371 g/mol. The molecule has 0 bridgehead atoms. The van der Waals surface area contributed by atoms with Crippen LogP contribution in [-0.4, -0.2) is 42.9 Å². The molecule has 4 rings (SSSR count). The van der Waals surface area contributed by atoms with Crippen LogP contribution in [0.4, 0.5) is 8.78 Å². The van der Waals surface area contributed by atoms with E-state index in [0.717, 1.165) is 29.4 Å². The molecule has 1 fully saturated rings. The molecule has 3 heterocycles. The molecule has 0 spiro atoms. The summed E-state index contributed by atoms with van der Waals surface area (Å²) in [6, 6.07) is 3.78. The zero-order chi connectivity index (χ0) is 19.2. The first-order valence-electron chi connectivity index (χ1n) is 9.03. The fourth-order valence-electron chi connectivity index (χ4n) is 3.93. The highest BCUT2D eigenvalue weighted by Crippen LogP contribution is 2.37. The maximum absolute atomic E-state index is 13.1. The van der Waals surface area contributed by atoms with Gasteiger partial charge in [-0.2, -0.15) is 0 Å². The lowest BCUT2D eigenvalue weighted by atomic mass is 10.2. The number of hydrogen-bond donors (Lipinski definition) is 2. The summed E-state index contributed by atoms with van der Waals surface area (Å²) in [4.78, 5) is 13.5. The largest absolute Gasteiger partial charge is 0.385 e. The molecule has 0 radical (unpaired) electrons. The minimum absolute atomic E-state index is 0.00165. The van der Waals surface area contributed by atoms with Crippen molar-refractivity contribution < 1.29 is 13.9 Å². The Hall–Kier alpha value is -1.76. The van der Waals surface area contributed by atoms with E-state index in [0.29, 0.717) is 17.8 Å². The first-order chi connectivity index (χ1) is 12.8. The number of aliphatic hydroxyl groups excluding tert-OH is 1. The topological polar surface area (TPSA) is 75.9 Å². The van der Waals surface area contributed by atoms with Gasteiger partial charge in [-0.15, -0.1) is 0 Å². The van der Waals surface area contributed by atoms with Crippen molar-refractivity contribution in [3.8, 4) is 0 Å². The van der Waals surface area contributed by atoms with Gasteiger partial charge in [-0.3, -0.25) is 9.97 Å². The summed E-state index contributed by atoms with van der Waals surface area (Å²) in [5.74, 6) is 0.562. The third-order valence-corrected chi connectivity index (χ3v) is 5.28. The fraction of sp³-hybridized carbons (Fsp3) is 0.500. The second-order valence-corrected chi connectivity index (χ2v) is 8.03. The molecule has 1 unspecified atom stereocenters. The average molecular weight is 393 g/mol. The molecule has 6 nitrogen and oxygen atoms in total. The van der Waals surface area contributed by atoms with E-state index in [1.54, 1.807) is 28.6 Å². The third kappa shape index (κ3) is 3.66. The van der Waals surface area contributed by atoms with Crippen LogP contribution >= 0.6 is 9.24 Å². The van der Waals surface area contributed by atoms with Crippen molar-refractivity contribution in [1.29, 1.82) is 0 Å². The van der Waals surface area contributed by atoms with Crippen molar-refractivity contribution >= 4 is 31.3 Å². The maximum atomic E-state index is 13.1. The number of pyridine rings is 2. The highest BCUT2D eigenvalue weighted by molar-refractivity contribution is 7.18. The van der Waals surface area contributed by atoms with Gasteiger partial charge >= 0.3 is 0 Å². The Labute approximate surface area is 157 Å². The van der Waals surface area contributed by atoms with E-state index in [1.807, 2.05) is 16.7 Å². The standard InChI is InChI=1S/C18H22F2N5OP/c1-10(26)17-24-14-8-22-13-3-2-6-21-15(13)16(14)25(17)12-5-4-11(7-12)23-9-18(19,20)27/h2-3,6,8,10-12,23,26H,4-5,7,9,27H2,1H3/t10-,11-,12+/m1/s1. The van der Waals surface area contributed by atoms with E-state index < -0.39 is 11.8 Å². The summed E-state index contributed by atoms with van der Waals surface area (Å²) in [7, 11) is 1.57. The zero-order valence-electron chi connectivity index (χ0n) is 14.9. The average Bonchev–Trinajstić information content (AvgIpc) is 3.23. The molecule has 0 aromatic carbocycles. The van der Waals surface area contributed by atoms with Crippen LogP contribution in [0.15, 0.2) is 24.5 Å². The first kappa shape index (κ1) is 18.6. The van der Waals surface area contributed by atoms with Gasteiger partial charge in [0.1, 0.15) is 23.0 Å². The van der Waals surface area contributed by atoms with Crippen LogP contribution in [0.5, 0.6) is 0 Å². The minimum atomic E-state index is -2.81. The van der Waals surface area contributed by atoms with Gasteiger partial charge in [0, 0.05) is 18.3 Å². The molecule has 0 saturated heterocycles. The third-order valence-electron chi connectivity index (χ3n) is 5.07. The van der Waals surface area contributed by atoms with Gasteiger partial charge in [0.05, 0.1) is 23.8 Å². The van der Waals surface area contributed by atoms with Gasteiger partial charge in [-0.1, -0.05) is 9.24 Å². The highest BCUT2D eigenvalue weighted by atomic mass is 31.0. The predicted molar refractivity (Wildman–Crippen MR) is 103 cm³/mol. The first-order valence-corrected chi connectivity index (χ1v) is 9.61. The molecule has 27 heavy (non-hydrogen) atoms. The monoisotopic (exact) mass is 393 g/mol. The molecule has 1 saturated carbocycles.